The molecule has 17 heavy (non-hydrogen) atoms. The van der Waals surface area contributed by atoms with E-state index < -0.39 is 0 Å². The summed E-state index contributed by atoms with van der Waals surface area (Å²) in [4.78, 5) is 6.59. The van der Waals surface area contributed by atoms with Crippen LogP contribution in [0.5, 0.6) is 0 Å². The number of nitrogens with one attached hydrogen (secondary N) is 1. The van der Waals surface area contributed by atoms with Gasteiger partial charge in [-0.1, -0.05) is 6.07 Å². The fraction of sp³-hybridized carbons (Fsp3) is 0.500. The van der Waals surface area contributed by atoms with Gasteiger partial charge in [-0.25, -0.2) is 4.52 Å². The van der Waals surface area contributed by atoms with Gasteiger partial charge < -0.3 is 10.2 Å². The molecule has 0 aliphatic heterocycles. The van der Waals surface area contributed by atoms with Crippen molar-refractivity contribution in [2.45, 2.75) is 13.3 Å². The number of hydrogen-bond acceptors (Lipinski definition) is 4. The summed E-state index contributed by atoms with van der Waals surface area (Å²) in [6, 6.07) is 5.98. The minimum atomic E-state index is 0.707. The molecule has 0 fully saturated rings. The van der Waals surface area contributed by atoms with Crippen LogP contribution in [0.2, 0.25) is 0 Å². The largest absolute Gasteiger partial charge is 0.353 e. The molecule has 0 spiro atoms. The minimum Gasteiger partial charge on any atom is -0.353 e. The van der Waals surface area contributed by atoms with E-state index in [2.05, 4.69) is 34.4 Å². The van der Waals surface area contributed by atoms with Crippen molar-refractivity contribution >= 4 is 11.6 Å². The van der Waals surface area contributed by atoms with Crippen LogP contribution in [0, 0.1) is 6.92 Å². The van der Waals surface area contributed by atoms with E-state index in [4.69, 9.17) is 0 Å². The van der Waals surface area contributed by atoms with Gasteiger partial charge in [0.05, 0.1) is 0 Å². The second kappa shape index (κ2) is 5.14. The summed E-state index contributed by atoms with van der Waals surface area (Å²) >= 11 is 0. The summed E-state index contributed by atoms with van der Waals surface area (Å²) in [6.45, 7) is 3.99. The maximum absolute atomic E-state index is 4.42. The van der Waals surface area contributed by atoms with E-state index >= 15 is 0 Å². The fourth-order valence-electron chi connectivity index (χ4n) is 1.71. The first kappa shape index (κ1) is 11.9. The third-order valence-electron chi connectivity index (χ3n) is 2.61. The number of rotatable bonds is 5. The Bertz CT molecular complexity index is 489. The fourth-order valence-corrected chi connectivity index (χ4v) is 1.71. The lowest BCUT2D eigenvalue weighted by atomic mass is 10.4. The highest BCUT2D eigenvalue weighted by Gasteiger charge is 2.03. The van der Waals surface area contributed by atoms with Gasteiger partial charge in [0.1, 0.15) is 0 Å². The van der Waals surface area contributed by atoms with Crippen LogP contribution in [0.3, 0.4) is 0 Å². The van der Waals surface area contributed by atoms with E-state index in [1.54, 1.807) is 0 Å². The Morgan fingerprint density at radius 2 is 2.18 bits per heavy atom. The average molecular weight is 233 g/mol. The Labute approximate surface area is 101 Å². The number of aryl methyl sites for hydroxylation is 1. The lowest BCUT2D eigenvalue weighted by molar-refractivity contribution is 0.405. The van der Waals surface area contributed by atoms with Crippen molar-refractivity contribution in [3.63, 3.8) is 0 Å². The number of hydrogen-bond donors (Lipinski definition) is 1. The Kier molecular flexibility index (Phi) is 3.58. The monoisotopic (exact) mass is 233 g/mol. The van der Waals surface area contributed by atoms with Crippen LogP contribution in [0.15, 0.2) is 18.2 Å². The van der Waals surface area contributed by atoms with Gasteiger partial charge in [-0.3, -0.25) is 0 Å². The van der Waals surface area contributed by atoms with Crippen molar-refractivity contribution in [2.75, 3.05) is 32.5 Å². The first-order valence-electron chi connectivity index (χ1n) is 5.88. The van der Waals surface area contributed by atoms with Crippen LogP contribution < -0.4 is 5.32 Å². The van der Waals surface area contributed by atoms with Crippen LogP contribution in [0.25, 0.3) is 5.65 Å². The maximum Gasteiger partial charge on any atom is 0.243 e. The van der Waals surface area contributed by atoms with E-state index in [9.17, 15) is 0 Å². The summed E-state index contributed by atoms with van der Waals surface area (Å²) < 4.78 is 1.86. The second-order valence-corrected chi connectivity index (χ2v) is 4.46. The second-order valence-electron chi connectivity index (χ2n) is 4.46. The zero-order chi connectivity index (χ0) is 12.3. The molecule has 0 unspecified atom stereocenters. The van der Waals surface area contributed by atoms with E-state index in [0.717, 1.165) is 30.9 Å². The van der Waals surface area contributed by atoms with Crippen LogP contribution >= 0.6 is 0 Å². The van der Waals surface area contributed by atoms with Gasteiger partial charge >= 0.3 is 0 Å². The number of fused-ring (bicyclic) bond motifs is 1. The Hall–Kier alpha value is -1.62. The molecule has 0 saturated heterocycles. The van der Waals surface area contributed by atoms with Crippen molar-refractivity contribution in [3.8, 4) is 0 Å². The molecular formula is C12H19N5. The van der Waals surface area contributed by atoms with E-state index in [1.807, 2.05) is 29.6 Å². The van der Waals surface area contributed by atoms with Crippen LogP contribution in [-0.2, 0) is 0 Å². The molecule has 0 radical (unpaired) electrons. The lowest BCUT2D eigenvalue weighted by Gasteiger charge is -2.08. The Morgan fingerprint density at radius 3 is 2.88 bits per heavy atom. The molecule has 5 nitrogen and oxygen atoms in total. The lowest BCUT2D eigenvalue weighted by Crippen LogP contribution is -2.16. The van der Waals surface area contributed by atoms with Crippen LogP contribution in [0.4, 0.5) is 5.95 Å². The van der Waals surface area contributed by atoms with Crippen LogP contribution in [-0.4, -0.2) is 46.7 Å². The smallest absolute Gasteiger partial charge is 0.243 e. The van der Waals surface area contributed by atoms with E-state index in [1.165, 1.54) is 0 Å². The average Bonchev–Trinajstić information content (AvgIpc) is 2.69. The molecule has 2 aromatic rings. The van der Waals surface area contributed by atoms with Crippen molar-refractivity contribution in [2.24, 2.45) is 0 Å². The maximum atomic E-state index is 4.42. The standard InChI is InChI=1S/C12H19N5/c1-10-6-4-7-11-14-12(15-17(10)11)13-8-5-9-16(2)3/h4,6-7H,5,8-9H2,1-3H3,(H,13,15). The zero-order valence-corrected chi connectivity index (χ0v) is 10.6. The van der Waals surface area contributed by atoms with Gasteiger partial charge in [0, 0.05) is 12.2 Å². The summed E-state index contributed by atoms with van der Waals surface area (Å²) in [5.74, 6) is 0.707. The molecule has 2 heterocycles. The molecule has 0 aliphatic carbocycles. The highest BCUT2D eigenvalue weighted by Crippen LogP contribution is 2.07. The number of anilines is 1. The van der Waals surface area contributed by atoms with Crippen molar-refractivity contribution in [3.05, 3.63) is 23.9 Å². The number of aromatic nitrogens is 3. The highest BCUT2D eigenvalue weighted by atomic mass is 15.3. The Balaban J connectivity index is 1.98. The predicted molar refractivity (Wildman–Crippen MR) is 69.4 cm³/mol. The van der Waals surface area contributed by atoms with Gasteiger partial charge in [0.25, 0.3) is 0 Å². The molecule has 0 aliphatic rings. The van der Waals surface area contributed by atoms with Gasteiger partial charge in [0.15, 0.2) is 5.65 Å². The molecule has 2 rings (SSSR count). The normalized spacial score (nSPS) is 11.3. The molecule has 0 bridgehead atoms. The number of pyridine rings is 1. The highest BCUT2D eigenvalue weighted by molar-refractivity contribution is 5.44. The topological polar surface area (TPSA) is 45.5 Å². The first-order valence-corrected chi connectivity index (χ1v) is 5.88. The summed E-state index contributed by atoms with van der Waals surface area (Å²) in [5.41, 5.74) is 1.98. The summed E-state index contributed by atoms with van der Waals surface area (Å²) in [5, 5.41) is 7.66. The molecule has 1 N–H and O–H groups in total. The summed E-state index contributed by atoms with van der Waals surface area (Å²) in [6.07, 6.45) is 1.08. The molecule has 5 heteroatoms. The van der Waals surface area contributed by atoms with Crippen molar-refractivity contribution in [1.82, 2.24) is 19.5 Å². The van der Waals surface area contributed by atoms with Gasteiger partial charge in [-0.15, -0.1) is 5.10 Å². The third-order valence-corrected chi connectivity index (χ3v) is 2.61. The minimum absolute atomic E-state index is 0.707. The first-order chi connectivity index (χ1) is 8.16. The van der Waals surface area contributed by atoms with Gasteiger partial charge in [0.2, 0.25) is 5.95 Å². The molecular weight excluding hydrogens is 214 g/mol. The molecule has 0 saturated carbocycles. The van der Waals surface area contributed by atoms with Gasteiger partial charge in [-0.2, -0.15) is 4.98 Å². The summed E-state index contributed by atoms with van der Waals surface area (Å²) in [7, 11) is 4.15. The van der Waals surface area contributed by atoms with Crippen molar-refractivity contribution in [1.29, 1.82) is 0 Å². The molecule has 92 valence electrons. The van der Waals surface area contributed by atoms with Crippen LogP contribution in [0.1, 0.15) is 12.1 Å². The van der Waals surface area contributed by atoms with Gasteiger partial charge in [-0.05, 0) is 46.1 Å². The SMILES string of the molecule is Cc1cccc2nc(NCCCN(C)C)nn12. The molecule has 2 aromatic heterocycles. The third kappa shape index (κ3) is 2.94. The zero-order valence-electron chi connectivity index (χ0n) is 10.6. The molecule has 0 amide bonds. The molecule has 0 aromatic carbocycles. The number of nitrogens with zero attached hydrogens (tertiary/aromatic N) is 4. The Morgan fingerprint density at radius 1 is 1.35 bits per heavy atom. The van der Waals surface area contributed by atoms with E-state index in [0.29, 0.717) is 5.95 Å². The van der Waals surface area contributed by atoms with Crippen molar-refractivity contribution < 1.29 is 0 Å². The van der Waals surface area contributed by atoms with E-state index in [-0.39, 0.29) is 0 Å². The molecule has 0 atom stereocenters. The predicted octanol–water partition coefficient (Wildman–Crippen LogP) is 1.40. The quantitative estimate of drug-likeness (QED) is 0.793.